The maximum atomic E-state index is 12.6. The third-order valence-corrected chi connectivity index (χ3v) is 6.11. The fourth-order valence-electron chi connectivity index (χ4n) is 3.44. The van der Waals surface area contributed by atoms with Crippen LogP contribution in [0.3, 0.4) is 0 Å². The lowest BCUT2D eigenvalue weighted by atomic mass is 10.1. The molecule has 2 heterocycles. The Hall–Kier alpha value is -2.38. The third-order valence-electron chi connectivity index (χ3n) is 4.98. The van der Waals surface area contributed by atoms with Crippen molar-refractivity contribution in [1.29, 1.82) is 0 Å². The van der Waals surface area contributed by atoms with Gasteiger partial charge in [0.15, 0.2) is 0 Å². The number of aromatic nitrogens is 1. The quantitative estimate of drug-likeness (QED) is 0.540. The Morgan fingerprint density at radius 2 is 2.17 bits per heavy atom. The van der Waals surface area contributed by atoms with E-state index in [2.05, 4.69) is 49.3 Å². The number of anilines is 1. The second-order valence-electron chi connectivity index (χ2n) is 7.09. The van der Waals surface area contributed by atoms with Gasteiger partial charge >= 0.3 is 0 Å². The Balaban J connectivity index is 1.28. The summed E-state index contributed by atoms with van der Waals surface area (Å²) < 4.78 is 6.83. The number of rotatable bonds is 7. The van der Waals surface area contributed by atoms with Crippen LogP contribution in [0.4, 0.5) is 5.69 Å². The number of ether oxygens (including phenoxy) is 1. The van der Waals surface area contributed by atoms with Crippen LogP contribution in [0.2, 0.25) is 0 Å². The maximum absolute atomic E-state index is 12.6. The smallest absolute Gasteiger partial charge is 0.251 e. The molecule has 0 spiro atoms. The Labute approximate surface area is 182 Å². The van der Waals surface area contributed by atoms with Crippen molar-refractivity contribution in [3.8, 4) is 5.75 Å². The monoisotopic (exact) mass is 471 g/mol. The van der Waals surface area contributed by atoms with Crippen LogP contribution in [0.15, 0.2) is 63.9 Å². The molecule has 1 atom stereocenters. The maximum Gasteiger partial charge on any atom is 0.251 e. The normalized spacial score (nSPS) is 16.0. The first-order chi connectivity index (χ1) is 14.2. The van der Waals surface area contributed by atoms with Crippen LogP contribution < -0.4 is 15.0 Å². The number of nitrogens with zero attached hydrogens (tertiary/aromatic N) is 2. The molecule has 0 saturated carbocycles. The second kappa shape index (κ2) is 9.41. The molecule has 1 N–H and O–H groups in total. The molecule has 5 nitrogen and oxygen atoms in total. The van der Waals surface area contributed by atoms with Gasteiger partial charge in [0.1, 0.15) is 12.4 Å². The molecule has 0 radical (unpaired) electrons. The largest absolute Gasteiger partial charge is 0.487 e. The number of thiazole rings is 1. The molecule has 1 aliphatic rings. The van der Waals surface area contributed by atoms with E-state index in [1.165, 1.54) is 17.0 Å². The van der Waals surface area contributed by atoms with Crippen molar-refractivity contribution in [2.24, 2.45) is 5.92 Å². The van der Waals surface area contributed by atoms with E-state index in [1.54, 1.807) is 11.6 Å². The van der Waals surface area contributed by atoms with Gasteiger partial charge in [-0.05, 0) is 48.7 Å². The summed E-state index contributed by atoms with van der Waals surface area (Å²) in [6.45, 7) is 3.04. The van der Waals surface area contributed by atoms with Gasteiger partial charge in [0, 0.05) is 40.7 Å². The van der Waals surface area contributed by atoms with Crippen molar-refractivity contribution in [2.45, 2.75) is 13.0 Å². The number of halogens is 1. The summed E-state index contributed by atoms with van der Waals surface area (Å²) in [5.41, 5.74) is 4.51. The first-order valence-electron chi connectivity index (χ1n) is 9.56. The minimum Gasteiger partial charge on any atom is -0.487 e. The van der Waals surface area contributed by atoms with E-state index in [4.69, 9.17) is 4.74 Å². The zero-order valence-corrected chi connectivity index (χ0v) is 18.3. The van der Waals surface area contributed by atoms with Crippen molar-refractivity contribution in [2.75, 3.05) is 24.5 Å². The summed E-state index contributed by atoms with van der Waals surface area (Å²) in [6.07, 6.45) is 1.07. The van der Waals surface area contributed by atoms with E-state index in [-0.39, 0.29) is 5.91 Å². The lowest BCUT2D eigenvalue weighted by Gasteiger charge is -2.19. The fourth-order valence-corrected chi connectivity index (χ4v) is 4.37. The number of carbonyl (C=O) groups is 1. The van der Waals surface area contributed by atoms with Crippen molar-refractivity contribution >= 4 is 38.9 Å². The number of hydrogen-bond acceptors (Lipinski definition) is 5. The molecule has 1 aliphatic heterocycles. The molecule has 29 heavy (non-hydrogen) atoms. The molecule has 2 aromatic carbocycles. The minimum atomic E-state index is -0.0648. The molecule has 4 rings (SSSR count). The predicted molar refractivity (Wildman–Crippen MR) is 120 cm³/mol. The molecule has 3 aromatic rings. The van der Waals surface area contributed by atoms with E-state index < -0.39 is 0 Å². The lowest BCUT2D eigenvalue weighted by Crippen LogP contribution is -2.31. The third kappa shape index (κ3) is 5.36. The number of carbonyl (C=O) groups excluding carboxylic acids is 1. The average Bonchev–Trinajstić information content (AvgIpc) is 3.43. The lowest BCUT2D eigenvalue weighted by molar-refractivity contribution is 0.0947. The number of nitrogens with one attached hydrogen (secondary N) is 1. The highest BCUT2D eigenvalue weighted by molar-refractivity contribution is 9.10. The van der Waals surface area contributed by atoms with E-state index >= 15 is 0 Å². The van der Waals surface area contributed by atoms with E-state index in [9.17, 15) is 4.79 Å². The fraction of sp³-hybridized carbons (Fsp3) is 0.273. The number of benzene rings is 2. The highest BCUT2D eigenvalue weighted by Gasteiger charge is 2.23. The van der Waals surface area contributed by atoms with Crippen molar-refractivity contribution < 1.29 is 9.53 Å². The van der Waals surface area contributed by atoms with Crippen LogP contribution in [-0.2, 0) is 6.61 Å². The Morgan fingerprint density at radius 1 is 1.28 bits per heavy atom. The molecule has 1 fully saturated rings. The summed E-state index contributed by atoms with van der Waals surface area (Å²) in [4.78, 5) is 19.2. The van der Waals surface area contributed by atoms with Crippen molar-refractivity contribution in [3.63, 3.8) is 0 Å². The van der Waals surface area contributed by atoms with Crippen LogP contribution >= 0.6 is 27.3 Å². The van der Waals surface area contributed by atoms with Gasteiger partial charge in [0.2, 0.25) is 0 Å². The highest BCUT2D eigenvalue weighted by Crippen LogP contribution is 2.26. The van der Waals surface area contributed by atoms with Crippen LogP contribution in [0.5, 0.6) is 5.75 Å². The summed E-state index contributed by atoms with van der Waals surface area (Å²) >= 11 is 5.07. The van der Waals surface area contributed by atoms with Crippen LogP contribution in [-0.4, -0.2) is 30.5 Å². The van der Waals surface area contributed by atoms with E-state index in [0.717, 1.165) is 29.7 Å². The molecule has 7 heteroatoms. The summed E-state index contributed by atoms with van der Waals surface area (Å²) in [5.74, 6) is 1.05. The SMILES string of the molecule is O=C(NCC1CCN(c2cccc(Br)c2)C1)c1cccc(OCc2cscn2)c1. The molecule has 1 unspecified atom stereocenters. The zero-order chi connectivity index (χ0) is 20.1. The van der Waals surface area contributed by atoms with E-state index in [1.807, 2.05) is 29.6 Å². The summed E-state index contributed by atoms with van der Waals surface area (Å²) in [7, 11) is 0. The molecular weight excluding hydrogens is 450 g/mol. The molecule has 0 bridgehead atoms. The van der Waals surface area contributed by atoms with Gasteiger partial charge in [-0.1, -0.05) is 28.1 Å². The van der Waals surface area contributed by atoms with Crippen molar-refractivity contribution in [1.82, 2.24) is 10.3 Å². The van der Waals surface area contributed by atoms with Gasteiger partial charge in [0.05, 0.1) is 11.2 Å². The predicted octanol–water partition coefficient (Wildman–Crippen LogP) is 4.74. The van der Waals surface area contributed by atoms with Crippen LogP contribution in [0.1, 0.15) is 22.5 Å². The minimum absolute atomic E-state index is 0.0648. The van der Waals surface area contributed by atoms with Crippen LogP contribution in [0.25, 0.3) is 0 Å². The Kier molecular flexibility index (Phi) is 6.46. The van der Waals surface area contributed by atoms with Gasteiger partial charge in [-0.2, -0.15) is 0 Å². The van der Waals surface area contributed by atoms with Gasteiger partial charge in [0.25, 0.3) is 5.91 Å². The number of amides is 1. The highest BCUT2D eigenvalue weighted by atomic mass is 79.9. The molecule has 1 amide bonds. The second-order valence-corrected chi connectivity index (χ2v) is 8.72. The molecule has 0 aliphatic carbocycles. The molecule has 150 valence electrons. The average molecular weight is 472 g/mol. The Bertz CT molecular complexity index is 964. The number of hydrogen-bond donors (Lipinski definition) is 1. The zero-order valence-electron chi connectivity index (χ0n) is 15.9. The first kappa shape index (κ1) is 19.9. The van der Waals surface area contributed by atoms with E-state index in [0.29, 0.717) is 30.4 Å². The van der Waals surface area contributed by atoms with Crippen molar-refractivity contribution in [3.05, 3.63) is 75.2 Å². The Morgan fingerprint density at radius 3 is 3.00 bits per heavy atom. The topological polar surface area (TPSA) is 54.5 Å². The van der Waals surface area contributed by atoms with Gasteiger partial charge in [-0.15, -0.1) is 11.3 Å². The molecule has 1 aromatic heterocycles. The van der Waals surface area contributed by atoms with Crippen LogP contribution in [0, 0.1) is 5.92 Å². The standard InChI is InChI=1S/C22H22BrN3O2S/c23-18-4-2-5-20(10-18)26-8-7-16(12-26)11-24-22(27)17-3-1-6-21(9-17)28-13-19-14-29-15-25-19/h1-6,9-10,14-16H,7-8,11-13H2,(H,24,27). The van der Waals surface area contributed by atoms with Gasteiger partial charge in [-0.25, -0.2) is 4.98 Å². The summed E-state index contributed by atoms with van der Waals surface area (Å²) in [6, 6.07) is 15.6. The van der Waals surface area contributed by atoms with Gasteiger partial charge < -0.3 is 15.0 Å². The summed E-state index contributed by atoms with van der Waals surface area (Å²) in [5, 5.41) is 5.03. The van der Waals surface area contributed by atoms with Gasteiger partial charge in [-0.3, -0.25) is 4.79 Å². The molecule has 1 saturated heterocycles. The molecular formula is C22H22BrN3O2S. The first-order valence-corrected chi connectivity index (χ1v) is 11.3.